The van der Waals surface area contributed by atoms with Gasteiger partial charge in [0.25, 0.3) is 5.91 Å². The second-order valence-corrected chi connectivity index (χ2v) is 6.53. The lowest BCUT2D eigenvalue weighted by Crippen LogP contribution is -2.31. The Hall–Kier alpha value is -2.93. The highest BCUT2D eigenvalue weighted by Gasteiger charge is 2.21. The fraction of sp³-hybridized carbons (Fsp3) is 0.316. The van der Waals surface area contributed by atoms with E-state index in [-0.39, 0.29) is 11.9 Å². The third-order valence-corrected chi connectivity index (χ3v) is 4.51. The summed E-state index contributed by atoms with van der Waals surface area (Å²) in [4.78, 5) is 22.7. The Labute approximate surface area is 153 Å². The van der Waals surface area contributed by atoms with Crippen molar-refractivity contribution in [2.75, 3.05) is 37.6 Å². The van der Waals surface area contributed by atoms with Crippen molar-refractivity contribution in [3.63, 3.8) is 0 Å². The Kier molecular flexibility index (Phi) is 5.48. The predicted octanol–water partition coefficient (Wildman–Crippen LogP) is 1.55. The van der Waals surface area contributed by atoms with E-state index in [4.69, 9.17) is 11.5 Å². The van der Waals surface area contributed by atoms with E-state index in [1.807, 2.05) is 18.2 Å². The number of benzene rings is 1. The maximum atomic E-state index is 12.4. The summed E-state index contributed by atoms with van der Waals surface area (Å²) in [6.07, 6.45) is 3.02. The Balaban J connectivity index is 1.58. The summed E-state index contributed by atoms with van der Waals surface area (Å²) < 4.78 is 0. The first-order valence-corrected chi connectivity index (χ1v) is 8.67. The van der Waals surface area contributed by atoms with E-state index in [0.717, 1.165) is 31.6 Å². The van der Waals surface area contributed by atoms with Crippen molar-refractivity contribution in [2.24, 2.45) is 5.92 Å². The monoisotopic (exact) mass is 352 g/mol. The molecule has 5 N–H and O–H groups in total. The van der Waals surface area contributed by atoms with Crippen molar-refractivity contribution in [1.29, 1.82) is 0 Å². The number of rotatable bonds is 6. The largest absolute Gasteiger partial charge is 0.384 e. The van der Waals surface area contributed by atoms with E-state index in [0.29, 0.717) is 29.5 Å². The first-order chi connectivity index (χ1) is 12.5. The number of nitrogens with two attached hydrogens (primary N) is 2. The van der Waals surface area contributed by atoms with Crippen molar-refractivity contribution < 1.29 is 4.79 Å². The molecule has 0 radical (unpaired) electrons. The number of hydrogen-bond donors (Lipinski definition) is 3. The number of nitrogens with one attached hydrogen (secondary N) is 1. The molecule has 0 saturated carbocycles. The van der Waals surface area contributed by atoms with E-state index in [1.54, 1.807) is 18.2 Å². The van der Waals surface area contributed by atoms with Gasteiger partial charge in [0.05, 0.1) is 5.69 Å². The number of hydrogen-bond acceptors (Lipinski definition) is 6. The van der Waals surface area contributed by atoms with Crippen LogP contribution in [0.1, 0.15) is 16.8 Å². The highest BCUT2D eigenvalue weighted by molar-refractivity contribution is 5.94. The topological polar surface area (TPSA) is 110 Å². The van der Waals surface area contributed by atoms with Crippen LogP contribution in [0, 0.1) is 5.92 Å². The standard InChI is InChI=1S/C19H24N6O/c1-2-8-25-9-7-13(12-25)11-22-18(26)15-5-3-14(4-6-15)16-10-17(20)24-19(21)23-16/h2-6,10,13H,1,7-9,11-12H2,(H,22,26)(H4,20,21,23,24). The maximum Gasteiger partial charge on any atom is 0.251 e. The Morgan fingerprint density at radius 2 is 2.08 bits per heavy atom. The summed E-state index contributed by atoms with van der Waals surface area (Å²) in [5.41, 5.74) is 13.4. The van der Waals surface area contributed by atoms with Gasteiger partial charge in [-0.1, -0.05) is 18.2 Å². The number of nitrogen functional groups attached to an aromatic ring is 2. The van der Waals surface area contributed by atoms with E-state index >= 15 is 0 Å². The molecule has 1 saturated heterocycles. The molecule has 1 atom stereocenters. The van der Waals surface area contributed by atoms with Gasteiger partial charge in [0.1, 0.15) is 5.82 Å². The molecular formula is C19H24N6O. The third kappa shape index (κ3) is 4.37. The Morgan fingerprint density at radius 1 is 1.31 bits per heavy atom. The molecule has 1 aromatic carbocycles. The molecule has 2 aromatic rings. The SMILES string of the molecule is C=CCN1CCC(CNC(=O)c2ccc(-c3cc(N)nc(N)n3)cc2)C1. The van der Waals surface area contributed by atoms with E-state index in [2.05, 4.69) is 26.8 Å². The van der Waals surface area contributed by atoms with Crippen molar-refractivity contribution in [3.8, 4) is 11.3 Å². The van der Waals surface area contributed by atoms with Gasteiger partial charge in [-0.2, -0.15) is 4.98 Å². The van der Waals surface area contributed by atoms with Crippen molar-refractivity contribution in [1.82, 2.24) is 20.2 Å². The number of aromatic nitrogens is 2. The van der Waals surface area contributed by atoms with Gasteiger partial charge in [-0.05, 0) is 31.0 Å². The molecule has 1 unspecified atom stereocenters. The van der Waals surface area contributed by atoms with Crippen LogP contribution >= 0.6 is 0 Å². The fourth-order valence-electron chi connectivity index (χ4n) is 3.19. The van der Waals surface area contributed by atoms with Gasteiger partial charge >= 0.3 is 0 Å². The van der Waals surface area contributed by atoms with Crippen molar-refractivity contribution in [2.45, 2.75) is 6.42 Å². The van der Waals surface area contributed by atoms with Crippen LogP contribution in [0.2, 0.25) is 0 Å². The first kappa shape index (κ1) is 17.9. The van der Waals surface area contributed by atoms with E-state index in [9.17, 15) is 4.79 Å². The minimum Gasteiger partial charge on any atom is -0.384 e. The van der Waals surface area contributed by atoms with Crippen molar-refractivity contribution in [3.05, 3.63) is 48.6 Å². The second-order valence-electron chi connectivity index (χ2n) is 6.53. The number of amides is 1. The molecule has 0 spiro atoms. The zero-order chi connectivity index (χ0) is 18.5. The second kappa shape index (κ2) is 7.97. The van der Waals surface area contributed by atoms with Crippen LogP contribution in [0.25, 0.3) is 11.3 Å². The molecule has 7 nitrogen and oxygen atoms in total. The molecule has 136 valence electrons. The Morgan fingerprint density at radius 3 is 2.77 bits per heavy atom. The van der Waals surface area contributed by atoms with Gasteiger partial charge in [-0.15, -0.1) is 6.58 Å². The van der Waals surface area contributed by atoms with Crippen LogP contribution in [0.4, 0.5) is 11.8 Å². The molecule has 3 rings (SSSR count). The number of likely N-dealkylation sites (tertiary alicyclic amines) is 1. The van der Waals surface area contributed by atoms with Crippen molar-refractivity contribution >= 4 is 17.7 Å². The molecule has 1 aromatic heterocycles. The summed E-state index contributed by atoms with van der Waals surface area (Å²) in [6, 6.07) is 8.87. The first-order valence-electron chi connectivity index (χ1n) is 8.67. The number of carbonyl (C=O) groups is 1. The summed E-state index contributed by atoms with van der Waals surface area (Å²) in [6.45, 7) is 7.43. The predicted molar refractivity (Wildman–Crippen MR) is 103 cm³/mol. The van der Waals surface area contributed by atoms with Gasteiger partial charge in [0.15, 0.2) is 0 Å². The summed E-state index contributed by atoms with van der Waals surface area (Å²) in [5.74, 6) is 0.867. The maximum absolute atomic E-state index is 12.4. The number of nitrogens with zero attached hydrogens (tertiary/aromatic N) is 3. The van der Waals surface area contributed by atoms with Gasteiger partial charge in [0, 0.05) is 36.8 Å². The van der Waals surface area contributed by atoms with Crippen LogP contribution in [0.15, 0.2) is 43.0 Å². The molecule has 0 bridgehead atoms. The highest BCUT2D eigenvalue weighted by Crippen LogP contribution is 2.20. The average molecular weight is 352 g/mol. The highest BCUT2D eigenvalue weighted by atomic mass is 16.1. The molecule has 1 aliphatic heterocycles. The van der Waals surface area contributed by atoms with Crippen LogP contribution in [0.3, 0.4) is 0 Å². The summed E-state index contributed by atoms with van der Waals surface area (Å²) in [5, 5.41) is 3.02. The molecular weight excluding hydrogens is 328 g/mol. The zero-order valence-electron chi connectivity index (χ0n) is 14.7. The molecule has 1 aliphatic rings. The molecule has 7 heteroatoms. The minimum atomic E-state index is -0.0690. The average Bonchev–Trinajstić information content (AvgIpc) is 3.07. The fourth-order valence-corrected chi connectivity index (χ4v) is 3.19. The van der Waals surface area contributed by atoms with Gasteiger partial charge in [-0.25, -0.2) is 4.98 Å². The lowest BCUT2D eigenvalue weighted by Gasteiger charge is -2.14. The summed E-state index contributed by atoms with van der Waals surface area (Å²) >= 11 is 0. The van der Waals surface area contributed by atoms with Gasteiger partial charge < -0.3 is 16.8 Å². The van der Waals surface area contributed by atoms with E-state index < -0.39 is 0 Å². The molecule has 26 heavy (non-hydrogen) atoms. The molecule has 2 heterocycles. The minimum absolute atomic E-state index is 0.0690. The van der Waals surface area contributed by atoms with Crippen LogP contribution < -0.4 is 16.8 Å². The number of carbonyl (C=O) groups excluding carboxylic acids is 1. The molecule has 0 aliphatic carbocycles. The zero-order valence-corrected chi connectivity index (χ0v) is 14.7. The lowest BCUT2D eigenvalue weighted by molar-refractivity contribution is 0.0947. The van der Waals surface area contributed by atoms with Crippen LogP contribution in [0.5, 0.6) is 0 Å². The third-order valence-electron chi connectivity index (χ3n) is 4.51. The van der Waals surface area contributed by atoms with Gasteiger partial charge in [-0.3, -0.25) is 9.69 Å². The molecule has 1 fully saturated rings. The normalized spacial score (nSPS) is 17.2. The quantitative estimate of drug-likeness (QED) is 0.680. The lowest BCUT2D eigenvalue weighted by atomic mass is 10.1. The van der Waals surface area contributed by atoms with E-state index in [1.165, 1.54) is 0 Å². The molecule has 1 amide bonds. The smallest absolute Gasteiger partial charge is 0.251 e. The van der Waals surface area contributed by atoms with Crippen LogP contribution in [-0.4, -0.2) is 47.0 Å². The number of anilines is 2. The summed E-state index contributed by atoms with van der Waals surface area (Å²) in [7, 11) is 0. The van der Waals surface area contributed by atoms with Gasteiger partial charge in [0.2, 0.25) is 5.95 Å². The van der Waals surface area contributed by atoms with Crippen LogP contribution in [-0.2, 0) is 0 Å². The Bertz CT molecular complexity index is 769.